The number of aryl methyl sites for hydroxylation is 1. The SMILES string of the molecule is Cc1c[nH]c(=O)c(C=CCC=O)c1. The van der Waals surface area contributed by atoms with E-state index in [4.69, 9.17) is 0 Å². The van der Waals surface area contributed by atoms with Crippen LogP contribution in [0.2, 0.25) is 0 Å². The maximum Gasteiger partial charge on any atom is 0.255 e. The molecular weight excluding hydrogens is 166 g/mol. The van der Waals surface area contributed by atoms with Gasteiger partial charge in [0.2, 0.25) is 0 Å². The van der Waals surface area contributed by atoms with E-state index in [0.29, 0.717) is 12.0 Å². The van der Waals surface area contributed by atoms with E-state index in [9.17, 15) is 9.59 Å². The van der Waals surface area contributed by atoms with Crippen LogP contribution >= 0.6 is 0 Å². The molecule has 0 aliphatic carbocycles. The zero-order valence-corrected chi connectivity index (χ0v) is 7.41. The Hall–Kier alpha value is -1.64. The van der Waals surface area contributed by atoms with Crippen molar-refractivity contribution < 1.29 is 4.79 Å². The summed E-state index contributed by atoms with van der Waals surface area (Å²) in [6.45, 7) is 1.90. The number of H-pyrrole nitrogens is 1. The molecule has 1 aromatic heterocycles. The van der Waals surface area contributed by atoms with Gasteiger partial charge in [-0.15, -0.1) is 0 Å². The second-order valence-corrected chi connectivity index (χ2v) is 2.77. The molecule has 3 nitrogen and oxygen atoms in total. The summed E-state index contributed by atoms with van der Waals surface area (Å²) in [6, 6.07) is 1.78. The van der Waals surface area contributed by atoms with Gasteiger partial charge >= 0.3 is 0 Å². The molecule has 1 aromatic rings. The van der Waals surface area contributed by atoms with Crippen LogP contribution in [0.1, 0.15) is 17.5 Å². The summed E-state index contributed by atoms with van der Waals surface area (Å²) >= 11 is 0. The molecule has 0 bridgehead atoms. The molecule has 0 aliphatic heterocycles. The number of allylic oxidation sites excluding steroid dienone is 1. The summed E-state index contributed by atoms with van der Waals surface area (Å²) in [5.41, 5.74) is 1.44. The van der Waals surface area contributed by atoms with Crippen molar-refractivity contribution in [3.63, 3.8) is 0 Å². The third-order valence-corrected chi connectivity index (χ3v) is 1.61. The zero-order chi connectivity index (χ0) is 9.68. The summed E-state index contributed by atoms with van der Waals surface area (Å²) in [5.74, 6) is 0. The minimum absolute atomic E-state index is 0.132. The number of nitrogens with one attached hydrogen (secondary N) is 1. The van der Waals surface area contributed by atoms with Crippen LogP contribution in [0, 0.1) is 6.92 Å². The van der Waals surface area contributed by atoms with Crippen LogP contribution < -0.4 is 5.56 Å². The van der Waals surface area contributed by atoms with E-state index in [1.165, 1.54) is 0 Å². The Morgan fingerprint density at radius 1 is 1.54 bits per heavy atom. The first-order valence-electron chi connectivity index (χ1n) is 4.03. The minimum Gasteiger partial charge on any atom is -0.328 e. The molecular formula is C10H11NO2. The van der Waals surface area contributed by atoms with Gasteiger partial charge in [0.1, 0.15) is 6.29 Å². The highest BCUT2D eigenvalue weighted by Crippen LogP contribution is 1.98. The predicted octanol–water partition coefficient (Wildman–Crippen LogP) is 1.29. The number of hydrogen-bond donors (Lipinski definition) is 1. The van der Waals surface area contributed by atoms with Gasteiger partial charge in [-0.3, -0.25) is 4.79 Å². The van der Waals surface area contributed by atoms with E-state index in [1.807, 2.05) is 6.92 Å². The quantitative estimate of drug-likeness (QED) is 0.707. The lowest BCUT2D eigenvalue weighted by Crippen LogP contribution is -2.08. The fraction of sp³-hybridized carbons (Fsp3) is 0.200. The lowest BCUT2D eigenvalue weighted by molar-refractivity contribution is -0.107. The minimum atomic E-state index is -0.132. The Labute approximate surface area is 76.1 Å². The molecule has 1 heterocycles. The first-order chi connectivity index (χ1) is 6.24. The molecule has 0 aliphatic rings. The van der Waals surface area contributed by atoms with Crippen LogP contribution in [0.3, 0.4) is 0 Å². The van der Waals surface area contributed by atoms with Crippen LogP contribution in [-0.4, -0.2) is 11.3 Å². The van der Waals surface area contributed by atoms with Gasteiger partial charge in [-0.25, -0.2) is 0 Å². The molecule has 1 N–H and O–H groups in total. The number of aromatic nitrogens is 1. The average Bonchev–Trinajstić information content (AvgIpc) is 2.11. The second kappa shape index (κ2) is 4.40. The van der Waals surface area contributed by atoms with Crippen LogP contribution in [0.15, 0.2) is 23.1 Å². The van der Waals surface area contributed by atoms with E-state index >= 15 is 0 Å². The van der Waals surface area contributed by atoms with Gasteiger partial charge in [0.25, 0.3) is 5.56 Å². The number of pyridine rings is 1. The molecule has 0 aromatic carbocycles. The van der Waals surface area contributed by atoms with E-state index in [2.05, 4.69) is 4.98 Å². The van der Waals surface area contributed by atoms with Crippen molar-refractivity contribution in [2.45, 2.75) is 13.3 Å². The Balaban J connectivity index is 2.93. The fourth-order valence-corrected chi connectivity index (χ4v) is 0.990. The first kappa shape index (κ1) is 9.45. The highest BCUT2D eigenvalue weighted by molar-refractivity contribution is 5.57. The van der Waals surface area contributed by atoms with E-state index in [0.717, 1.165) is 11.8 Å². The largest absolute Gasteiger partial charge is 0.328 e. The van der Waals surface area contributed by atoms with Gasteiger partial charge in [0, 0.05) is 18.2 Å². The van der Waals surface area contributed by atoms with Gasteiger partial charge in [0.05, 0.1) is 0 Å². The summed E-state index contributed by atoms with van der Waals surface area (Å²) in [6.07, 6.45) is 6.10. The highest BCUT2D eigenvalue weighted by Gasteiger charge is 1.93. The molecule has 0 radical (unpaired) electrons. The zero-order valence-electron chi connectivity index (χ0n) is 7.41. The van der Waals surface area contributed by atoms with Crippen LogP contribution in [0.25, 0.3) is 6.08 Å². The van der Waals surface area contributed by atoms with Gasteiger partial charge in [-0.05, 0) is 18.6 Å². The maximum absolute atomic E-state index is 11.2. The number of carbonyl (C=O) groups excluding carboxylic acids is 1. The average molecular weight is 177 g/mol. The van der Waals surface area contributed by atoms with Crippen LogP contribution in [-0.2, 0) is 4.79 Å². The molecule has 68 valence electrons. The Bertz CT molecular complexity index is 377. The van der Waals surface area contributed by atoms with Crippen LogP contribution in [0.4, 0.5) is 0 Å². The molecule has 0 saturated heterocycles. The Morgan fingerprint density at radius 2 is 2.31 bits per heavy atom. The van der Waals surface area contributed by atoms with E-state index in [-0.39, 0.29) is 5.56 Å². The molecule has 0 unspecified atom stereocenters. The second-order valence-electron chi connectivity index (χ2n) is 2.77. The monoisotopic (exact) mass is 177 g/mol. The Morgan fingerprint density at radius 3 is 3.00 bits per heavy atom. The topological polar surface area (TPSA) is 49.9 Å². The molecule has 0 amide bonds. The van der Waals surface area contributed by atoms with Crippen molar-refractivity contribution in [3.8, 4) is 0 Å². The van der Waals surface area contributed by atoms with Gasteiger partial charge in [-0.2, -0.15) is 0 Å². The number of hydrogen-bond acceptors (Lipinski definition) is 2. The lowest BCUT2D eigenvalue weighted by Gasteiger charge is -1.93. The van der Waals surface area contributed by atoms with Gasteiger partial charge in [-0.1, -0.05) is 12.2 Å². The van der Waals surface area contributed by atoms with Crippen molar-refractivity contribution in [3.05, 3.63) is 39.8 Å². The molecule has 3 heteroatoms. The summed E-state index contributed by atoms with van der Waals surface area (Å²) in [4.78, 5) is 23.8. The number of aldehydes is 1. The van der Waals surface area contributed by atoms with Crippen molar-refractivity contribution in [2.24, 2.45) is 0 Å². The van der Waals surface area contributed by atoms with E-state index in [1.54, 1.807) is 24.4 Å². The smallest absolute Gasteiger partial charge is 0.255 e. The van der Waals surface area contributed by atoms with Crippen molar-refractivity contribution in [1.82, 2.24) is 4.98 Å². The van der Waals surface area contributed by atoms with Crippen molar-refractivity contribution >= 4 is 12.4 Å². The van der Waals surface area contributed by atoms with Crippen molar-refractivity contribution in [1.29, 1.82) is 0 Å². The predicted molar refractivity (Wildman–Crippen MR) is 51.5 cm³/mol. The molecule has 1 rings (SSSR count). The van der Waals surface area contributed by atoms with Gasteiger partial charge in [0.15, 0.2) is 0 Å². The maximum atomic E-state index is 11.2. The third kappa shape index (κ3) is 2.71. The van der Waals surface area contributed by atoms with Crippen molar-refractivity contribution in [2.75, 3.05) is 0 Å². The molecule has 0 atom stereocenters. The lowest BCUT2D eigenvalue weighted by atomic mass is 10.2. The van der Waals surface area contributed by atoms with Gasteiger partial charge < -0.3 is 9.78 Å². The molecule has 0 spiro atoms. The number of rotatable bonds is 3. The Kier molecular flexibility index (Phi) is 3.20. The van der Waals surface area contributed by atoms with E-state index < -0.39 is 0 Å². The molecule has 0 fully saturated rings. The molecule has 0 saturated carbocycles. The summed E-state index contributed by atoms with van der Waals surface area (Å²) in [5, 5.41) is 0. The molecule has 13 heavy (non-hydrogen) atoms. The highest BCUT2D eigenvalue weighted by atomic mass is 16.1. The number of aromatic amines is 1. The standard InChI is InChI=1S/C10H11NO2/c1-8-6-9(4-2-3-5-12)10(13)11-7-8/h2,4-7H,3H2,1H3,(H,11,13). The fourth-order valence-electron chi connectivity index (χ4n) is 0.990. The first-order valence-corrected chi connectivity index (χ1v) is 4.03. The number of carbonyl (C=O) groups is 1. The summed E-state index contributed by atoms with van der Waals surface area (Å²) < 4.78 is 0. The summed E-state index contributed by atoms with van der Waals surface area (Å²) in [7, 11) is 0. The normalized spacial score (nSPS) is 10.5. The third-order valence-electron chi connectivity index (χ3n) is 1.61. The van der Waals surface area contributed by atoms with Crippen LogP contribution in [0.5, 0.6) is 0 Å².